The number of sulfone groups is 1. The lowest BCUT2D eigenvalue weighted by Crippen LogP contribution is -2.52. The molecule has 3 aromatic rings. The average Bonchev–Trinajstić information content (AvgIpc) is 3.52. The molecular formula is C32H45N5O7S3. The van der Waals surface area contributed by atoms with Gasteiger partial charge < -0.3 is 20.6 Å². The summed E-state index contributed by atoms with van der Waals surface area (Å²) in [5.41, 5.74) is 3.01. The first-order chi connectivity index (χ1) is 22.2. The third-order valence-electron chi connectivity index (χ3n) is 8.04. The molecule has 1 aliphatic heterocycles. The van der Waals surface area contributed by atoms with Crippen molar-refractivity contribution in [2.45, 2.75) is 50.7 Å². The maximum atomic E-state index is 13.9. The first-order valence-electron chi connectivity index (χ1n) is 15.8. The predicted molar refractivity (Wildman–Crippen MR) is 183 cm³/mol. The molecule has 15 heteroatoms. The number of benzene rings is 2. The van der Waals surface area contributed by atoms with E-state index in [-0.39, 0.29) is 48.4 Å². The van der Waals surface area contributed by atoms with Crippen LogP contribution in [0.1, 0.15) is 32.8 Å². The molecule has 0 saturated carbocycles. The Hall–Kier alpha value is -2.95. The van der Waals surface area contributed by atoms with Crippen LogP contribution in [-0.2, 0) is 35.9 Å². The SMILES string of the molecule is CC(C)CN(C[C@@H](O)C(Cc1ccccc1)NC(=O)[C@H](C)CS(=O)(=O)CCC(=O)N1CCNCC1)S(=O)(=O)c1ccc2scnc2c1. The number of aliphatic hydroxyl groups is 1. The molecule has 2 aromatic carbocycles. The summed E-state index contributed by atoms with van der Waals surface area (Å²) in [4.78, 5) is 31.8. The van der Waals surface area contributed by atoms with Crippen LogP contribution in [0.25, 0.3) is 10.2 Å². The summed E-state index contributed by atoms with van der Waals surface area (Å²) in [6, 6.07) is 13.0. The number of hydrogen-bond donors (Lipinski definition) is 3. The van der Waals surface area contributed by atoms with Gasteiger partial charge in [-0.3, -0.25) is 9.59 Å². The summed E-state index contributed by atoms with van der Waals surface area (Å²) >= 11 is 1.41. The van der Waals surface area contributed by atoms with Gasteiger partial charge in [0.25, 0.3) is 0 Å². The van der Waals surface area contributed by atoms with Gasteiger partial charge in [0.15, 0.2) is 9.84 Å². The molecule has 3 atom stereocenters. The molecule has 0 spiro atoms. The Labute approximate surface area is 281 Å². The quantitative estimate of drug-likeness (QED) is 0.202. The highest BCUT2D eigenvalue weighted by Crippen LogP contribution is 2.25. The molecule has 0 radical (unpaired) electrons. The van der Waals surface area contributed by atoms with Crippen LogP contribution in [0, 0.1) is 11.8 Å². The molecule has 258 valence electrons. The fourth-order valence-electron chi connectivity index (χ4n) is 5.49. The smallest absolute Gasteiger partial charge is 0.243 e. The maximum absolute atomic E-state index is 13.9. The number of nitrogens with one attached hydrogen (secondary N) is 2. The number of aromatic nitrogens is 1. The summed E-state index contributed by atoms with van der Waals surface area (Å²) in [6.45, 7) is 7.45. The maximum Gasteiger partial charge on any atom is 0.243 e. The molecule has 4 rings (SSSR count). The van der Waals surface area contributed by atoms with E-state index in [4.69, 9.17) is 0 Å². The zero-order chi connectivity index (χ0) is 34.2. The van der Waals surface area contributed by atoms with E-state index in [0.29, 0.717) is 31.7 Å². The van der Waals surface area contributed by atoms with Crippen molar-refractivity contribution in [1.82, 2.24) is 24.8 Å². The Morgan fingerprint density at radius 3 is 2.43 bits per heavy atom. The molecule has 1 saturated heterocycles. The van der Waals surface area contributed by atoms with Gasteiger partial charge in [0.2, 0.25) is 21.8 Å². The largest absolute Gasteiger partial charge is 0.390 e. The highest BCUT2D eigenvalue weighted by molar-refractivity contribution is 7.91. The molecule has 2 heterocycles. The molecule has 1 unspecified atom stereocenters. The fourth-order valence-corrected chi connectivity index (χ4v) is 9.36. The van der Waals surface area contributed by atoms with E-state index in [1.807, 2.05) is 44.2 Å². The van der Waals surface area contributed by atoms with E-state index in [2.05, 4.69) is 15.6 Å². The van der Waals surface area contributed by atoms with E-state index in [0.717, 1.165) is 10.3 Å². The summed E-state index contributed by atoms with van der Waals surface area (Å²) in [5.74, 6) is -2.68. The van der Waals surface area contributed by atoms with Crippen LogP contribution in [0.5, 0.6) is 0 Å². The standard InChI is InChI=1S/C32H45N5O7S3/c1-23(2)19-37(47(43,44)26-9-10-30-28(18-26)34-22-45-30)20-29(38)27(17-25-7-5-4-6-8-25)35-32(40)24(3)21-46(41,42)16-11-31(39)36-14-12-33-13-15-36/h4-10,18,22-24,27,29,33,38H,11-17,19-21H2,1-3H3,(H,35,40)/t24-,27?,29-/m1/s1. The Kier molecular flexibility index (Phi) is 12.9. The molecule has 0 bridgehead atoms. The number of thiazole rings is 1. The van der Waals surface area contributed by atoms with Gasteiger partial charge in [0, 0.05) is 51.6 Å². The van der Waals surface area contributed by atoms with Gasteiger partial charge in [-0.2, -0.15) is 4.31 Å². The molecule has 2 amide bonds. The van der Waals surface area contributed by atoms with Crippen molar-refractivity contribution in [3.8, 4) is 0 Å². The van der Waals surface area contributed by atoms with Gasteiger partial charge in [-0.1, -0.05) is 51.1 Å². The van der Waals surface area contributed by atoms with Crippen molar-refractivity contribution in [3.63, 3.8) is 0 Å². The third kappa shape index (κ3) is 10.5. The van der Waals surface area contributed by atoms with Gasteiger partial charge in [-0.15, -0.1) is 11.3 Å². The Bertz CT molecular complexity index is 1710. The summed E-state index contributed by atoms with van der Waals surface area (Å²) in [7, 11) is -7.79. The Morgan fingerprint density at radius 2 is 1.74 bits per heavy atom. The van der Waals surface area contributed by atoms with Crippen molar-refractivity contribution in [3.05, 3.63) is 59.6 Å². The van der Waals surface area contributed by atoms with Crippen molar-refractivity contribution in [2.75, 3.05) is 50.8 Å². The van der Waals surface area contributed by atoms with Crippen molar-refractivity contribution < 1.29 is 31.5 Å². The Morgan fingerprint density at radius 1 is 1.04 bits per heavy atom. The minimum atomic E-state index is -4.05. The molecular weight excluding hydrogens is 663 g/mol. The lowest BCUT2D eigenvalue weighted by molar-refractivity contribution is -0.131. The van der Waals surface area contributed by atoms with E-state index < -0.39 is 49.6 Å². The van der Waals surface area contributed by atoms with Crippen LogP contribution in [0.15, 0.2) is 58.9 Å². The van der Waals surface area contributed by atoms with E-state index in [1.54, 1.807) is 16.5 Å². The zero-order valence-electron chi connectivity index (χ0n) is 27.0. The normalized spacial score (nSPS) is 16.3. The number of carbonyl (C=O) groups is 2. The highest BCUT2D eigenvalue weighted by Gasteiger charge is 2.33. The number of fused-ring (bicyclic) bond motifs is 1. The van der Waals surface area contributed by atoms with Gasteiger partial charge in [-0.25, -0.2) is 21.8 Å². The zero-order valence-corrected chi connectivity index (χ0v) is 29.5. The van der Waals surface area contributed by atoms with Gasteiger partial charge in [0.1, 0.15) is 0 Å². The molecule has 12 nitrogen and oxygen atoms in total. The summed E-state index contributed by atoms with van der Waals surface area (Å²) in [5, 5.41) is 17.5. The van der Waals surface area contributed by atoms with Crippen molar-refractivity contribution in [2.24, 2.45) is 11.8 Å². The number of amides is 2. The monoisotopic (exact) mass is 707 g/mol. The van der Waals surface area contributed by atoms with E-state index in [1.165, 1.54) is 34.7 Å². The van der Waals surface area contributed by atoms with E-state index >= 15 is 0 Å². The molecule has 3 N–H and O–H groups in total. The lowest BCUT2D eigenvalue weighted by Gasteiger charge is -2.31. The Balaban J connectivity index is 1.47. The first-order valence-corrected chi connectivity index (χ1v) is 19.9. The second kappa shape index (κ2) is 16.4. The number of piperazine rings is 1. The first kappa shape index (κ1) is 36.9. The van der Waals surface area contributed by atoms with Crippen molar-refractivity contribution >= 4 is 53.2 Å². The third-order valence-corrected chi connectivity index (χ3v) is 12.5. The second-order valence-corrected chi connectivity index (χ2v) is 17.5. The predicted octanol–water partition coefficient (Wildman–Crippen LogP) is 1.90. The minimum absolute atomic E-state index is 0.0571. The summed E-state index contributed by atoms with van der Waals surface area (Å²) < 4.78 is 55.6. The van der Waals surface area contributed by atoms with Crippen LogP contribution in [0.2, 0.25) is 0 Å². The van der Waals surface area contributed by atoms with Crippen LogP contribution < -0.4 is 10.6 Å². The number of hydrogen-bond acceptors (Lipinski definition) is 10. The topological polar surface area (TPSA) is 166 Å². The number of aliphatic hydroxyl groups excluding tert-OH is 1. The molecule has 0 aliphatic carbocycles. The molecule has 1 fully saturated rings. The van der Waals surface area contributed by atoms with Crippen LogP contribution >= 0.6 is 11.3 Å². The van der Waals surface area contributed by atoms with Crippen molar-refractivity contribution in [1.29, 1.82) is 0 Å². The van der Waals surface area contributed by atoms with Crippen LogP contribution in [0.4, 0.5) is 0 Å². The van der Waals surface area contributed by atoms with E-state index in [9.17, 15) is 31.5 Å². The molecule has 47 heavy (non-hydrogen) atoms. The fraction of sp³-hybridized carbons (Fsp3) is 0.531. The highest BCUT2D eigenvalue weighted by atomic mass is 32.2. The average molecular weight is 708 g/mol. The van der Waals surface area contributed by atoms with Crippen LogP contribution in [-0.4, -0.2) is 111 Å². The number of carbonyl (C=O) groups excluding carboxylic acids is 2. The van der Waals surface area contributed by atoms with Gasteiger partial charge >= 0.3 is 0 Å². The van der Waals surface area contributed by atoms with Gasteiger partial charge in [0.05, 0.1) is 44.3 Å². The summed E-state index contributed by atoms with van der Waals surface area (Å²) in [6.07, 6.45) is -1.29. The molecule has 1 aliphatic rings. The number of rotatable bonds is 16. The lowest BCUT2D eigenvalue weighted by atomic mass is 10.00. The number of nitrogens with zero attached hydrogens (tertiary/aromatic N) is 3. The van der Waals surface area contributed by atoms with Crippen LogP contribution in [0.3, 0.4) is 0 Å². The number of sulfonamides is 1. The minimum Gasteiger partial charge on any atom is -0.390 e. The molecule has 1 aromatic heterocycles. The second-order valence-electron chi connectivity index (χ2n) is 12.5. The van der Waals surface area contributed by atoms with Gasteiger partial charge in [-0.05, 0) is 36.1 Å².